The molecule has 4 rings (SSSR count). The maximum Gasteiger partial charge on any atom is 0.418 e. The first-order valence-corrected chi connectivity index (χ1v) is 11.2. The van der Waals surface area contributed by atoms with Crippen LogP contribution in [-0.2, 0) is 24.2 Å². The summed E-state index contributed by atoms with van der Waals surface area (Å²) in [4.78, 5) is 42.9. The summed E-state index contributed by atoms with van der Waals surface area (Å²) < 4.78 is 39.9. The van der Waals surface area contributed by atoms with Crippen LogP contribution in [0.3, 0.4) is 0 Å². The fraction of sp³-hybridized carbons (Fsp3) is 0.529. The molecule has 2 bridgehead atoms. The predicted octanol–water partition coefficient (Wildman–Crippen LogP) is -0.856. The van der Waals surface area contributed by atoms with Crippen molar-refractivity contribution in [2.24, 2.45) is 0 Å². The van der Waals surface area contributed by atoms with Crippen molar-refractivity contribution in [1.29, 1.82) is 0 Å². The molecule has 15 heteroatoms. The number of hydrazine groups is 1. The zero-order chi connectivity index (χ0) is 23.1. The summed E-state index contributed by atoms with van der Waals surface area (Å²) in [5, 5.41) is 0.551. The van der Waals surface area contributed by atoms with Crippen LogP contribution in [0.1, 0.15) is 12.8 Å². The number of hydrogen-bond acceptors (Lipinski definition) is 8. The number of carbonyl (C=O) groups is 3. The Balaban J connectivity index is 0.000000416. The van der Waals surface area contributed by atoms with E-state index in [1.165, 1.54) is 4.90 Å². The van der Waals surface area contributed by atoms with Crippen LogP contribution in [0.4, 0.5) is 9.59 Å². The van der Waals surface area contributed by atoms with E-state index in [1.807, 2.05) is 18.2 Å². The highest BCUT2D eigenvalue weighted by Crippen LogP contribution is 2.30. The van der Waals surface area contributed by atoms with Gasteiger partial charge in [0.25, 0.3) is 5.91 Å². The third-order valence-corrected chi connectivity index (χ3v) is 5.31. The number of hydrogen-bond donors (Lipinski definition) is 3. The highest BCUT2D eigenvalue weighted by molar-refractivity contribution is 7.80. The normalized spacial score (nSPS) is 22.7. The van der Waals surface area contributed by atoms with E-state index < -0.39 is 40.5 Å². The molecule has 3 N–H and O–H groups in total. The number of amides is 5. The van der Waals surface area contributed by atoms with Crippen LogP contribution in [0.15, 0.2) is 30.6 Å². The number of nitrogens with one attached hydrogen (secondary N) is 2. The molecule has 3 aliphatic heterocycles. The minimum absolute atomic E-state index is 0.0733. The molecule has 0 spiro atoms. The highest BCUT2D eigenvalue weighted by Gasteiger charge is 2.49. The van der Waals surface area contributed by atoms with Crippen molar-refractivity contribution in [2.75, 3.05) is 32.8 Å². The van der Waals surface area contributed by atoms with Crippen LogP contribution in [0.2, 0.25) is 0 Å². The Morgan fingerprint density at radius 1 is 1.12 bits per heavy atom. The standard InChI is InChI=1S/C12H19N5O8S.C5H5N/c18-10(13-14-11(19)15-3-5-24-6-4-15)9-2-1-8-7-16(9)12(20)17(8)25-26(21,22)23;1-2-4-6-5-3-1/h8-9H,1-7H2,(H,13,18)(H,14,19)(H,21,22,23);1-5H/t8-,9+;/m1./s1. The van der Waals surface area contributed by atoms with Crippen LogP contribution in [-0.4, -0.2) is 95.7 Å². The van der Waals surface area contributed by atoms with E-state index in [0.717, 1.165) is 4.90 Å². The lowest BCUT2D eigenvalue weighted by Crippen LogP contribution is -2.57. The van der Waals surface area contributed by atoms with Crippen molar-refractivity contribution in [1.82, 2.24) is 30.7 Å². The van der Waals surface area contributed by atoms with Gasteiger partial charge in [0, 0.05) is 32.0 Å². The summed E-state index contributed by atoms with van der Waals surface area (Å²) in [6.45, 7) is 1.71. The largest absolute Gasteiger partial charge is 0.418 e. The zero-order valence-corrected chi connectivity index (χ0v) is 17.8. The molecule has 176 valence electrons. The number of hydroxylamine groups is 2. The molecular formula is C17H24N6O8S. The van der Waals surface area contributed by atoms with Gasteiger partial charge in [-0.25, -0.2) is 15.0 Å². The molecule has 3 fully saturated rings. The van der Waals surface area contributed by atoms with Gasteiger partial charge in [0.2, 0.25) is 0 Å². The third kappa shape index (κ3) is 6.25. The molecule has 0 unspecified atom stereocenters. The molecule has 5 amide bonds. The first-order valence-electron chi connectivity index (χ1n) is 9.80. The lowest BCUT2D eigenvalue weighted by Gasteiger charge is -2.30. The number of piperidine rings is 1. The number of pyridine rings is 1. The molecule has 32 heavy (non-hydrogen) atoms. The van der Waals surface area contributed by atoms with E-state index in [4.69, 9.17) is 9.29 Å². The predicted molar refractivity (Wildman–Crippen MR) is 107 cm³/mol. The fourth-order valence-electron chi connectivity index (χ4n) is 3.46. The van der Waals surface area contributed by atoms with Gasteiger partial charge in [-0.2, -0.15) is 13.5 Å². The summed E-state index contributed by atoms with van der Waals surface area (Å²) in [7, 11) is -4.85. The molecule has 0 saturated carbocycles. The van der Waals surface area contributed by atoms with E-state index in [2.05, 4.69) is 20.1 Å². The van der Waals surface area contributed by atoms with Crippen molar-refractivity contribution in [3.63, 3.8) is 0 Å². The lowest BCUT2D eigenvalue weighted by atomic mass is 10.0. The van der Waals surface area contributed by atoms with E-state index in [-0.39, 0.29) is 13.0 Å². The highest BCUT2D eigenvalue weighted by atomic mass is 32.3. The second-order valence-corrected chi connectivity index (χ2v) is 8.06. The van der Waals surface area contributed by atoms with E-state index in [1.54, 1.807) is 12.4 Å². The minimum Gasteiger partial charge on any atom is -0.378 e. The van der Waals surface area contributed by atoms with E-state index in [9.17, 15) is 22.8 Å². The fourth-order valence-corrected chi connectivity index (χ4v) is 3.85. The molecule has 1 aromatic rings. The summed E-state index contributed by atoms with van der Waals surface area (Å²) in [6.07, 6.45) is 4.05. The Morgan fingerprint density at radius 3 is 2.38 bits per heavy atom. The Labute approximate surface area is 184 Å². The SMILES string of the molecule is O=C(NNC(=O)N1CCOCC1)[C@@H]1CC[C@@H]2CN1C(=O)N2OS(=O)(=O)O.c1ccncc1. The van der Waals surface area contributed by atoms with Crippen LogP contribution in [0, 0.1) is 0 Å². The maximum atomic E-state index is 12.3. The number of aromatic nitrogens is 1. The summed E-state index contributed by atoms with van der Waals surface area (Å²) in [5.74, 6) is -0.605. The van der Waals surface area contributed by atoms with Gasteiger partial charge in [-0.05, 0) is 25.0 Å². The molecule has 3 saturated heterocycles. The molecule has 14 nitrogen and oxygen atoms in total. The number of fused-ring (bicyclic) bond motifs is 2. The van der Waals surface area contributed by atoms with Crippen molar-refractivity contribution in [2.45, 2.75) is 24.9 Å². The number of rotatable bonds is 3. The number of morpholine rings is 1. The van der Waals surface area contributed by atoms with Crippen LogP contribution >= 0.6 is 0 Å². The van der Waals surface area contributed by atoms with Gasteiger partial charge in [-0.1, -0.05) is 6.07 Å². The molecular weight excluding hydrogens is 448 g/mol. The average Bonchev–Trinajstić information content (AvgIpc) is 3.03. The minimum atomic E-state index is -4.85. The zero-order valence-electron chi connectivity index (χ0n) is 17.0. The van der Waals surface area contributed by atoms with Crippen molar-refractivity contribution < 1.29 is 36.4 Å². The molecule has 0 radical (unpaired) electrons. The number of ether oxygens (including phenoxy) is 1. The van der Waals surface area contributed by atoms with Gasteiger partial charge < -0.3 is 14.5 Å². The van der Waals surface area contributed by atoms with Crippen LogP contribution in [0.5, 0.6) is 0 Å². The molecule has 2 atom stereocenters. The Kier molecular flexibility index (Phi) is 7.79. The van der Waals surface area contributed by atoms with Gasteiger partial charge in [-0.3, -0.25) is 19.8 Å². The summed E-state index contributed by atoms with van der Waals surface area (Å²) in [6, 6.07) is 2.91. The third-order valence-electron chi connectivity index (χ3n) is 4.96. The maximum absolute atomic E-state index is 12.3. The smallest absolute Gasteiger partial charge is 0.378 e. The van der Waals surface area contributed by atoms with Crippen molar-refractivity contribution in [3.8, 4) is 0 Å². The summed E-state index contributed by atoms with van der Waals surface area (Å²) >= 11 is 0. The molecule has 0 aliphatic carbocycles. The van der Waals surface area contributed by atoms with E-state index >= 15 is 0 Å². The number of nitrogens with zero attached hydrogens (tertiary/aromatic N) is 4. The second kappa shape index (κ2) is 10.5. The van der Waals surface area contributed by atoms with Crippen LogP contribution < -0.4 is 10.9 Å². The van der Waals surface area contributed by atoms with Gasteiger partial charge in [0.15, 0.2) is 0 Å². The van der Waals surface area contributed by atoms with Gasteiger partial charge in [0.05, 0.1) is 19.3 Å². The average molecular weight is 472 g/mol. The summed E-state index contributed by atoms with van der Waals surface area (Å²) in [5.41, 5.74) is 4.56. The molecule has 1 aromatic heterocycles. The Hall–Kier alpha value is -3.01. The lowest BCUT2D eigenvalue weighted by molar-refractivity contribution is -0.126. The molecule has 3 aliphatic rings. The van der Waals surface area contributed by atoms with Crippen LogP contribution in [0.25, 0.3) is 0 Å². The second-order valence-electron chi connectivity index (χ2n) is 7.05. The number of carbonyl (C=O) groups excluding carboxylic acids is 3. The van der Waals surface area contributed by atoms with Crippen molar-refractivity contribution in [3.05, 3.63) is 30.6 Å². The molecule has 0 aromatic carbocycles. The Bertz CT molecular complexity index is 884. The topological polar surface area (TPSA) is 171 Å². The van der Waals surface area contributed by atoms with Gasteiger partial charge >= 0.3 is 22.5 Å². The number of urea groups is 2. The Morgan fingerprint density at radius 2 is 1.81 bits per heavy atom. The molecule has 4 heterocycles. The van der Waals surface area contributed by atoms with Crippen molar-refractivity contribution >= 4 is 28.4 Å². The monoisotopic (exact) mass is 472 g/mol. The quantitative estimate of drug-likeness (QED) is 0.374. The first kappa shape index (κ1) is 23.6. The first-order chi connectivity index (χ1) is 15.3. The van der Waals surface area contributed by atoms with E-state index in [0.29, 0.717) is 37.8 Å². The van der Waals surface area contributed by atoms with Gasteiger partial charge in [0.1, 0.15) is 6.04 Å². The van der Waals surface area contributed by atoms with Gasteiger partial charge in [-0.15, -0.1) is 4.28 Å².